The molecule has 112 valence electrons. The molecule has 1 aromatic heterocycles. The van der Waals surface area contributed by atoms with E-state index in [1.165, 1.54) is 0 Å². The number of nitrogens with one attached hydrogen (secondary N) is 1. The first-order valence-electron chi connectivity index (χ1n) is 5.50. The van der Waals surface area contributed by atoms with Crippen LogP contribution in [0.4, 0.5) is 5.82 Å². The van der Waals surface area contributed by atoms with Gasteiger partial charge >= 0.3 is 11.2 Å². The molecule has 0 aromatic carbocycles. The predicted molar refractivity (Wildman–Crippen MR) is 61.9 cm³/mol. The van der Waals surface area contributed by atoms with Crippen molar-refractivity contribution in [3.8, 4) is 5.75 Å². The van der Waals surface area contributed by atoms with Crippen molar-refractivity contribution in [1.29, 1.82) is 0 Å². The number of hydrogen-bond donors (Lipinski definition) is 6. The maximum absolute atomic E-state index is 11.8. The molecule has 0 bridgehead atoms. The van der Waals surface area contributed by atoms with E-state index in [1.807, 2.05) is 4.98 Å². The smallest absolute Gasteiger partial charge is 0.332 e. The Kier molecular flexibility index (Phi) is 3.78. The Balaban J connectivity index is 2.51. The number of aliphatic hydroxyl groups excluding tert-OH is 2. The van der Waals surface area contributed by atoms with Gasteiger partial charge in [-0.3, -0.25) is 15.0 Å². The minimum absolute atomic E-state index is 0.373. The first-order chi connectivity index (χ1) is 9.42. The number of ether oxygens (including phenoxy) is 1. The van der Waals surface area contributed by atoms with Crippen molar-refractivity contribution in [3.63, 3.8) is 0 Å². The zero-order chi connectivity index (χ0) is 15.0. The van der Waals surface area contributed by atoms with Gasteiger partial charge in [0.1, 0.15) is 12.2 Å². The van der Waals surface area contributed by atoms with Crippen LogP contribution in [0.5, 0.6) is 5.75 Å². The molecular weight excluding hydrogens is 278 g/mol. The second kappa shape index (κ2) is 5.22. The number of nitrogens with zero attached hydrogens (tertiary/aromatic N) is 1. The van der Waals surface area contributed by atoms with Gasteiger partial charge in [-0.05, 0) is 0 Å². The number of nitrogens with two attached hydrogens (primary N) is 1. The van der Waals surface area contributed by atoms with Crippen LogP contribution in [0.1, 0.15) is 6.23 Å². The molecule has 0 spiro atoms. The van der Waals surface area contributed by atoms with Crippen LogP contribution in [-0.2, 0) is 9.62 Å². The predicted octanol–water partition coefficient (Wildman–Crippen LogP) is -3.07. The number of aromatic hydroxyl groups is 1. The zero-order valence-corrected chi connectivity index (χ0v) is 9.96. The van der Waals surface area contributed by atoms with Gasteiger partial charge in [0, 0.05) is 0 Å². The van der Waals surface area contributed by atoms with E-state index in [0.717, 1.165) is 0 Å². The molecule has 0 amide bonds. The summed E-state index contributed by atoms with van der Waals surface area (Å²) in [5, 5.41) is 36.9. The molecule has 1 saturated heterocycles. The third kappa shape index (κ3) is 2.07. The Hall–Kier alpha value is -1.92. The quantitative estimate of drug-likeness (QED) is 0.249. The number of aromatic nitrogens is 2. The molecular formula is C9H13N3O8. The highest BCUT2D eigenvalue weighted by Crippen LogP contribution is 2.29. The standard InChI is InChI=1S/C9H13N3O8/c10-6-4(15)7(16)12(9(17)11-6)8-3(14)5(20-18)2(1-13)19-8/h2-3,5,8,13-15,18H,1,10H2,(H,11,17)/t2-,3-,5-,8?/m1/s1. The molecule has 4 atom stereocenters. The highest BCUT2D eigenvalue weighted by atomic mass is 17.1. The van der Waals surface area contributed by atoms with Crippen LogP contribution >= 0.6 is 0 Å². The lowest BCUT2D eigenvalue weighted by atomic mass is 10.1. The van der Waals surface area contributed by atoms with Crippen LogP contribution in [0, 0.1) is 0 Å². The summed E-state index contributed by atoms with van der Waals surface area (Å²) in [6.07, 6.45) is -5.71. The van der Waals surface area contributed by atoms with E-state index in [2.05, 4.69) is 4.89 Å². The molecule has 11 heteroatoms. The fourth-order valence-electron chi connectivity index (χ4n) is 2.00. The van der Waals surface area contributed by atoms with Crippen LogP contribution < -0.4 is 17.0 Å². The van der Waals surface area contributed by atoms with Gasteiger partial charge in [0.2, 0.25) is 5.75 Å². The molecule has 1 aromatic rings. The number of rotatable bonds is 3. The van der Waals surface area contributed by atoms with Crippen LogP contribution in [0.2, 0.25) is 0 Å². The summed E-state index contributed by atoms with van der Waals surface area (Å²) in [7, 11) is 0. The minimum Gasteiger partial charge on any atom is -0.501 e. The lowest BCUT2D eigenvalue weighted by molar-refractivity contribution is -0.300. The minimum atomic E-state index is -1.63. The number of anilines is 1. The molecule has 11 nitrogen and oxygen atoms in total. The highest BCUT2D eigenvalue weighted by molar-refractivity contribution is 5.41. The Morgan fingerprint density at radius 1 is 1.45 bits per heavy atom. The molecule has 1 aliphatic rings. The lowest BCUT2D eigenvalue weighted by Gasteiger charge is -2.17. The molecule has 0 saturated carbocycles. The van der Waals surface area contributed by atoms with E-state index < -0.39 is 54.0 Å². The normalized spacial score (nSPS) is 29.8. The number of aromatic amines is 1. The summed E-state index contributed by atoms with van der Waals surface area (Å²) in [5.74, 6) is -1.45. The average molecular weight is 291 g/mol. The fraction of sp³-hybridized carbons (Fsp3) is 0.556. The van der Waals surface area contributed by atoms with Gasteiger partial charge in [-0.2, -0.15) is 0 Å². The van der Waals surface area contributed by atoms with E-state index in [4.69, 9.17) is 20.8 Å². The van der Waals surface area contributed by atoms with Gasteiger partial charge in [-0.25, -0.2) is 14.2 Å². The third-order valence-corrected chi connectivity index (χ3v) is 3.00. The van der Waals surface area contributed by atoms with E-state index in [-0.39, 0.29) is 0 Å². The Morgan fingerprint density at radius 2 is 2.10 bits per heavy atom. The number of nitrogen functional groups attached to an aromatic ring is 1. The Bertz CT molecular complexity index is 610. The number of H-pyrrole nitrogens is 1. The van der Waals surface area contributed by atoms with Gasteiger partial charge in [-0.1, -0.05) is 0 Å². The molecule has 7 N–H and O–H groups in total. The maximum atomic E-state index is 11.8. The maximum Gasteiger partial charge on any atom is 0.332 e. The second-order valence-electron chi connectivity index (χ2n) is 4.18. The fourth-order valence-corrected chi connectivity index (χ4v) is 2.00. The molecule has 1 unspecified atom stereocenters. The SMILES string of the molecule is Nc1[nH]c(=O)n(C2O[C@H](CO)[C@@H](OO)[C@H]2O)c(=O)c1O. The van der Waals surface area contributed by atoms with Gasteiger partial charge < -0.3 is 25.8 Å². The van der Waals surface area contributed by atoms with Crippen LogP contribution in [0.25, 0.3) is 0 Å². The Morgan fingerprint density at radius 3 is 2.60 bits per heavy atom. The summed E-state index contributed by atoms with van der Waals surface area (Å²) < 4.78 is 5.45. The number of hydrogen-bond acceptors (Lipinski definition) is 9. The zero-order valence-electron chi connectivity index (χ0n) is 9.96. The van der Waals surface area contributed by atoms with E-state index >= 15 is 0 Å². The molecule has 1 fully saturated rings. The van der Waals surface area contributed by atoms with Crippen molar-refractivity contribution < 1.29 is 30.2 Å². The average Bonchev–Trinajstić information content (AvgIpc) is 2.73. The summed E-state index contributed by atoms with van der Waals surface area (Å²) >= 11 is 0. The van der Waals surface area contributed by atoms with Gasteiger partial charge in [-0.15, -0.1) is 0 Å². The topological polar surface area (TPSA) is 180 Å². The molecule has 2 heterocycles. The van der Waals surface area contributed by atoms with Crippen molar-refractivity contribution in [1.82, 2.24) is 9.55 Å². The van der Waals surface area contributed by atoms with Crippen molar-refractivity contribution in [2.24, 2.45) is 0 Å². The molecule has 0 aliphatic carbocycles. The van der Waals surface area contributed by atoms with Gasteiger partial charge in [0.25, 0.3) is 0 Å². The van der Waals surface area contributed by atoms with Crippen molar-refractivity contribution >= 4 is 5.82 Å². The Labute approximate surface area is 110 Å². The van der Waals surface area contributed by atoms with Gasteiger partial charge in [0.05, 0.1) is 6.61 Å². The summed E-state index contributed by atoms with van der Waals surface area (Å²) in [5.41, 5.74) is 2.98. The summed E-state index contributed by atoms with van der Waals surface area (Å²) in [4.78, 5) is 29.4. The summed E-state index contributed by atoms with van der Waals surface area (Å²) in [6, 6.07) is 0. The highest BCUT2D eigenvalue weighted by Gasteiger charge is 2.47. The number of aliphatic hydroxyl groups is 2. The first kappa shape index (κ1) is 14.5. The third-order valence-electron chi connectivity index (χ3n) is 3.00. The van der Waals surface area contributed by atoms with Crippen molar-refractivity contribution in [2.75, 3.05) is 12.3 Å². The van der Waals surface area contributed by atoms with E-state index in [1.54, 1.807) is 0 Å². The van der Waals surface area contributed by atoms with Crippen molar-refractivity contribution in [3.05, 3.63) is 20.8 Å². The first-order valence-corrected chi connectivity index (χ1v) is 5.50. The lowest BCUT2D eigenvalue weighted by Crippen LogP contribution is -2.43. The van der Waals surface area contributed by atoms with Crippen LogP contribution in [-0.4, -0.2) is 55.0 Å². The van der Waals surface area contributed by atoms with Crippen LogP contribution in [0.15, 0.2) is 9.59 Å². The largest absolute Gasteiger partial charge is 0.501 e. The second-order valence-corrected chi connectivity index (χ2v) is 4.18. The van der Waals surface area contributed by atoms with E-state index in [0.29, 0.717) is 4.57 Å². The van der Waals surface area contributed by atoms with Crippen LogP contribution in [0.3, 0.4) is 0 Å². The van der Waals surface area contributed by atoms with E-state index in [9.17, 15) is 19.8 Å². The molecule has 0 radical (unpaired) electrons. The molecule has 20 heavy (non-hydrogen) atoms. The van der Waals surface area contributed by atoms with Gasteiger partial charge in [0.15, 0.2) is 18.1 Å². The molecule has 1 aliphatic heterocycles. The van der Waals surface area contributed by atoms with Crippen molar-refractivity contribution in [2.45, 2.75) is 24.5 Å². The molecule has 2 rings (SSSR count). The monoisotopic (exact) mass is 291 g/mol. The summed E-state index contributed by atoms with van der Waals surface area (Å²) in [6.45, 7) is -0.633.